The predicted octanol–water partition coefficient (Wildman–Crippen LogP) is 3.31. The van der Waals surface area contributed by atoms with Gasteiger partial charge in [0, 0.05) is 37.3 Å². The Hall–Kier alpha value is -1.06. The normalized spacial score (nSPS) is 22.2. The van der Waals surface area contributed by atoms with Crippen LogP contribution in [0, 0.1) is 5.41 Å². The van der Waals surface area contributed by atoms with Crippen molar-refractivity contribution in [3.8, 4) is 0 Å². The van der Waals surface area contributed by atoms with Crippen molar-refractivity contribution < 1.29 is 4.74 Å². The summed E-state index contributed by atoms with van der Waals surface area (Å²) in [5.74, 6) is 0. The first-order valence-electron chi connectivity index (χ1n) is 8.32. The van der Waals surface area contributed by atoms with Crippen LogP contribution in [0.3, 0.4) is 0 Å². The Labute approximate surface area is 129 Å². The Morgan fingerprint density at radius 1 is 1.29 bits per heavy atom. The molecule has 21 heavy (non-hydrogen) atoms. The van der Waals surface area contributed by atoms with Crippen molar-refractivity contribution in [1.29, 1.82) is 0 Å². The van der Waals surface area contributed by atoms with Crippen molar-refractivity contribution >= 4 is 5.69 Å². The van der Waals surface area contributed by atoms with Gasteiger partial charge in [-0.15, -0.1) is 0 Å². The molecule has 3 heteroatoms. The topological polar surface area (TPSA) is 24.5 Å². The first kappa shape index (κ1) is 16.3. The Balaban J connectivity index is 2.11. The lowest BCUT2D eigenvalue weighted by Gasteiger charge is -2.41. The van der Waals surface area contributed by atoms with Gasteiger partial charge in [-0.2, -0.15) is 0 Å². The molecule has 0 amide bonds. The number of ether oxygens (including phenoxy) is 1. The van der Waals surface area contributed by atoms with Gasteiger partial charge in [0.1, 0.15) is 0 Å². The van der Waals surface area contributed by atoms with E-state index in [1.165, 1.54) is 31.4 Å². The fraction of sp³-hybridized carbons (Fsp3) is 0.667. The van der Waals surface area contributed by atoms with Gasteiger partial charge in [-0.05, 0) is 38.4 Å². The van der Waals surface area contributed by atoms with Crippen molar-refractivity contribution in [3.63, 3.8) is 0 Å². The lowest BCUT2D eigenvalue weighted by atomic mass is 9.81. The van der Waals surface area contributed by atoms with Gasteiger partial charge in [-0.3, -0.25) is 0 Å². The van der Waals surface area contributed by atoms with Crippen molar-refractivity contribution in [1.82, 2.24) is 5.32 Å². The average molecular weight is 290 g/mol. The van der Waals surface area contributed by atoms with Gasteiger partial charge in [0.15, 0.2) is 0 Å². The van der Waals surface area contributed by atoms with Crippen molar-refractivity contribution in [2.24, 2.45) is 5.41 Å². The SMILES string of the molecule is CCCCN(CC1(CNC)CCCOC1)c1ccccc1. The van der Waals surface area contributed by atoms with Crippen LogP contribution in [-0.2, 0) is 4.74 Å². The Morgan fingerprint density at radius 2 is 2.10 bits per heavy atom. The summed E-state index contributed by atoms with van der Waals surface area (Å²) in [7, 11) is 2.05. The fourth-order valence-electron chi connectivity index (χ4n) is 3.30. The highest BCUT2D eigenvalue weighted by Crippen LogP contribution is 2.31. The third kappa shape index (κ3) is 4.72. The lowest BCUT2D eigenvalue weighted by Crippen LogP contribution is -2.48. The van der Waals surface area contributed by atoms with E-state index in [0.717, 1.165) is 32.8 Å². The molecule has 1 N–H and O–H groups in total. The number of hydrogen-bond acceptors (Lipinski definition) is 3. The molecule has 1 saturated heterocycles. The quantitative estimate of drug-likeness (QED) is 0.795. The third-order valence-corrected chi connectivity index (χ3v) is 4.39. The van der Waals surface area contributed by atoms with E-state index < -0.39 is 0 Å². The summed E-state index contributed by atoms with van der Waals surface area (Å²) >= 11 is 0. The average Bonchev–Trinajstić information content (AvgIpc) is 2.53. The summed E-state index contributed by atoms with van der Waals surface area (Å²) in [5.41, 5.74) is 1.59. The molecule has 1 heterocycles. The van der Waals surface area contributed by atoms with Gasteiger partial charge < -0.3 is 15.0 Å². The third-order valence-electron chi connectivity index (χ3n) is 4.39. The van der Waals surface area contributed by atoms with E-state index in [-0.39, 0.29) is 5.41 Å². The minimum Gasteiger partial charge on any atom is -0.381 e. The zero-order valence-electron chi connectivity index (χ0n) is 13.6. The van der Waals surface area contributed by atoms with Gasteiger partial charge in [0.25, 0.3) is 0 Å². The van der Waals surface area contributed by atoms with Gasteiger partial charge in [-0.25, -0.2) is 0 Å². The van der Waals surface area contributed by atoms with E-state index >= 15 is 0 Å². The Kier molecular flexibility index (Phi) is 6.52. The number of rotatable bonds is 8. The monoisotopic (exact) mass is 290 g/mol. The van der Waals surface area contributed by atoms with Gasteiger partial charge >= 0.3 is 0 Å². The maximum atomic E-state index is 5.81. The molecule has 1 atom stereocenters. The molecular formula is C18H30N2O. The van der Waals surface area contributed by atoms with E-state index in [0.29, 0.717) is 0 Å². The first-order chi connectivity index (χ1) is 10.3. The number of anilines is 1. The largest absolute Gasteiger partial charge is 0.381 e. The van der Waals surface area contributed by atoms with Crippen LogP contribution in [0.15, 0.2) is 30.3 Å². The van der Waals surface area contributed by atoms with Gasteiger partial charge in [-0.1, -0.05) is 31.5 Å². The number of nitrogens with one attached hydrogen (secondary N) is 1. The molecule has 1 aliphatic rings. The number of para-hydroxylation sites is 1. The second-order valence-corrected chi connectivity index (χ2v) is 6.30. The van der Waals surface area contributed by atoms with Crippen LogP contribution < -0.4 is 10.2 Å². The molecule has 0 saturated carbocycles. The van der Waals surface area contributed by atoms with Crippen LogP contribution in [0.5, 0.6) is 0 Å². The number of unbranched alkanes of at least 4 members (excludes halogenated alkanes) is 1. The molecule has 3 nitrogen and oxygen atoms in total. The Bertz CT molecular complexity index is 382. The van der Waals surface area contributed by atoms with Gasteiger partial charge in [0.05, 0.1) is 6.61 Å². The highest BCUT2D eigenvalue weighted by atomic mass is 16.5. The van der Waals surface area contributed by atoms with Crippen molar-refractivity contribution in [2.75, 3.05) is 44.8 Å². The number of benzene rings is 1. The summed E-state index contributed by atoms with van der Waals surface area (Å²) in [6.45, 7) is 7.30. The smallest absolute Gasteiger partial charge is 0.0551 e. The zero-order valence-corrected chi connectivity index (χ0v) is 13.6. The van der Waals surface area contributed by atoms with Crippen LogP contribution in [0.1, 0.15) is 32.6 Å². The van der Waals surface area contributed by atoms with Crippen LogP contribution in [0.4, 0.5) is 5.69 Å². The van der Waals surface area contributed by atoms with Crippen LogP contribution in [0.2, 0.25) is 0 Å². The first-order valence-corrected chi connectivity index (χ1v) is 8.32. The van der Waals surface area contributed by atoms with E-state index in [4.69, 9.17) is 4.74 Å². The molecule has 1 aliphatic heterocycles. The summed E-state index contributed by atoms with van der Waals surface area (Å²) in [6, 6.07) is 10.8. The highest BCUT2D eigenvalue weighted by Gasteiger charge is 2.34. The molecule has 0 bridgehead atoms. The lowest BCUT2D eigenvalue weighted by molar-refractivity contribution is -0.00236. The molecule has 118 valence electrons. The molecule has 0 aromatic heterocycles. The predicted molar refractivity (Wildman–Crippen MR) is 90.0 cm³/mol. The molecule has 1 unspecified atom stereocenters. The molecule has 0 radical (unpaired) electrons. The van der Waals surface area contributed by atoms with Crippen molar-refractivity contribution in [3.05, 3.63) is 30.3 Å². The standard InChI is InChI=1S/C18H30N2O/c1-3-4-12-20(17-9-6-5-7-10-17)15-18(14-19-2)11-8-13-21-16-18/h5-7,9-10,19H,3-4,8,11-16H2,1-2H3. The zero-order chi connectivity index (χ0) is 15.0. The second-order valence-electron chi connectivity index (χ2n) is 6.30. The minimum atomic E-state index is 0.247. The fourth-order valence-corrected chi connectivity index (χ4v) is 3.30. The molecule has 1 aromatic carbocycles. The van der Waals surface area contributed by atoms with Crippen molar-refractivity contribution in [2.45, 2.75) is 32.6 Å². The molecule has 1 aromatic rings. The maximum Gasteiger partial charge on any atom is 0.0551 e. The van der Waals surface area contributed by atoms with E-state index in [2.05, 4.69) is 54.5 Å². The summed E-state index contributed by atoms with van der Waals surface area (Å²) in [6.07, 6.45) is 4.91. The molecule has 1 fully saturated rings. The minimum absolute atomic E-state index is 0.247. The molecular weight excluding hydrogens is 260 g/mol. The maximum absolute atomic E-state index is 5.81. The summed E-state index contributed by atoms with van der Waals surface area (Å²) in [5, 5.41) is 3.38. The number of nitrogens with zero attached hydrogens (tertiary/aromatic N) is 1. The highest BCUT2D eigenvalue weighted by molar-refractivity contribution is 5.46. The van der Waals surface area contributed by atoms with Crippen LogP contribution >= 0.6 is 0 Å². The summed E-state index contributed by atoms with van der Waals surface area (Å²) < 4.78 is 5.81. The molecule has 0 aliphatic carbocycles. The van der Waals surface area contributed by atoms with E-state index in [1.54, 1.807) is 0 Å². The molecule has 0 spiro atoms. The van der Waals surface area contributed by atoms with Gasteiger partial charge in [0.2, 0.25) is 0 Å². The second kappa shape index (κ2) is 8.40. The molecule has 2 rings (SSSR count). The summed E-state index contributed by atoms with van der Waals surface area (Å²) in [4.78, 5) is 2.55. The van der Waals surface area contributed by atoms with E-state index in [9.17, 15) is 0 Å². The van der Waals surface area contributed by atoms with Crippen LogP contribution in [-0.4, -0.2) is 39.9 Å². The van der Waals surface area contributed by atoms with E-state index in [1.807, 2.05) is 0 Å². The number of hydrogen-bond donors (Lipinski definition) is 1. The Morgan fingerprint density at radius 3 is 2.71 bits per heavy atom. The van der Waals surface area contributed by atoms with Crippen LogP contribution in [0.25, 0.3) is 0 Å².